The monoisotopic (exact) mass is 331 g/mol. The first-order valence-corrected chi connectivity index (χ1v) is 8.58. The van der Waals surface area contributed by atoms with Gasteiger partial charge in [0.25, 0.3) is 0 Å². The second kappa shape index (κ2) is 6.95. The third-order valence-electron chi connectivity index (χ3n) is 5.21. The molecule has 5 nitrogen and oxygen atoms in total. The number of hydrogen-bond donors (Lipinski definition) is 2. The Balaban J connectivity index is 2.20. The summed E-state index contributed by atoms with van der Waals surface area (Å²) in [5.74, 6) is 0.0178. The van der Waals surface area contributed by atoms with Crippen molar-refractivity contribution in [2.45, 2.75) is 44.1 Å². The van der Waals surface area contributed by atoms with Gasteiger partial charge in [0, 0.05) is 18.0 Å². The second-order valence-electron chi connectivity index (χ2n) is 6.61. The van der Waals surface area contributed by atoms with E-state index in [0.717, 1.165) is 35.0 Å². The first kappa shape index (κ1) is 17.0. The van der Waals surface area contributed by atoms with Crippen LogP contribution in [0.15, 0.2) is 18.2 Å². The average molecular weight is 331 g/mol. The Kier molecular flexibility index (Phi) is 4.92. The number of methoxy groups -OCH3 is 1. The lowest BCUT2D eigenvalue weighted by Crippen LogP contribution is -2.14. The minimum Gasteiger partial charge on any atom is -0.465 e. The highest BCUT2D eigenvalue weighted by molar-refractivity contribution is 5.96. The van der Waals surface area contributed by atoms with E-state index in [2.05, 4.69) is 0 Å². The normalized spacial score (nSPS) is 17.2. The third kappa shape index (κ3) is 2.82. The van der Waals surface area contributed by atoms with Gasteiger partial charge in [0.1, 0.15) is 6.10 Å². The molecule has 1 fully saturated rings. The highest BCUT2D eigenvalue weighted by atomic mass is 16.5. The highest BCUT2D eigenvalue weighted by Gasteiger charge is 2.28. The number of aryl methyl sites for hydroxylation is 1. The molecule has 1 saturated carbocycles. The zero-order valence-corrected chi connectivity index (χ0v) is 14.3. The lowest BCUT2D eigenvalue weighted by atomic mass is 9.82. The Bertz CT molecular complexity index is 743. The molecule has 0 saturated heterocycles. The van der Waals surface area contributed by atoms with Gasteiger partial charge in [-0.05, 0) is 36.5 Å². The van der Waals surface area contributed by atoms with Crippen molar-refractivity contribution in [3.63, 3.8) is 0 Å². The Hall–Kier alpha value is -1.85. The molecule has 2 N–H and O–H groups in total. The van der Waals surface area contributed by atoms with E-state index in [-0.39, 0.29) is 12.6 Å². The van der Waals surface area contributed by atoms with Crippen LogP contribution >= 0.6 is 0 Å². The number of fused-ring (bicyclic) bond motifs is 1. The molecule has 130 valence electrons. The van der Waals surface area contributed by atoms with E-state index in [1.54, 1.807) is 12.1 Å². The maximum Gasteiger partial charge on any atom is 0.337 e. The van der Waals surface area contributed by atoms with Crippen molar-refractivity contribution >= 4 is 16.9 Å². The summed E-state index contributed by atoms with van der Waals surface area (Å²) in [4.78, 5) is 11.8. The fourth-order valence-electron chi connectivity index (χ4n) is 4.04. The molecule has 1 atom stereocenters. The fourth-order valence-corrected chi connectivity index (χ4v) is 4.04. The number of aliphatic hydroxyl groups excluding tert-OH is 2. The van der Waals surface area contributed by atoms with Gasteiger partial charge >= 0.3 is 5.97 Å². The molecule has 5 heteroatoms. The van der Waals surface area contributed by atoms with Gasteiger partial charge in [0.05, 0.1) is 25.0 Å². The molecular weight excluding hydrogens is 306 g/mol. The molecular formula is C19H25NO4. The van der Waals surface area contributed by atoms with E-state index >= 15 is 0 Å². The van der Waals surface area contributed by atoms with Gasteiger partial charge in [-0.1, -0.05) is 25.3 Å². The minimum atomic E-state index is -0.916. The van der Waals surface area contributed by atoms with Crippen LogP contribution in [0.5, 0.6) is 0 Å². The van der Waals surface area contributed by atoms with Gasteiger partial charge in [-0.2, -0.15) is 0 Å². The van der Waals surface area contributed by atoms with Crippen LogP contribution < -0.4 is 0 Å². The summed E-state index contributed by atoms with van der Waals surface area (Å²) in [6.45, 7) is -0.312. The van der Waals surface area contributed by atoms with Crippen LogP contribution in [0.3, 0.4) is 0 Å². The van der Waals surface area contributed by atoms with E-state index in [1.807, 2.05) is 17.7 Å². The molecule has 0 radical (unpaired) electrons. The lowest BCUT2D eigenvalue weighted by molar-refractivity contribution is 0.0601. The van der Waals surface area contributed by atoms with Gasteiger partial charge in [-0.25, -0.2) is 4.79 Å². The molecule has 0 spiro atoms. The molecule has 0 aliphatic heterocycles. The number of carbonyl (C=O) groups excluding carboxylic acids is 1. The van der Waals surface area contributed by atoms with E-state index < -0.39 is 6.10 Å². The quantitative estimate of drug-likeness (QED) is 0.845. The van der Waals surface area contributed by atoms with Crippen LogP contribution in [-0.4, -0.2) is 34.5 Å². The van der Waals surface area contributed by atoms with Crippen molar-refractivity contribution in [3.05, 3.63) is 35.0 Å². The van der Waals surface area contributed by atoms with E-state index in [0.29, 0.717) is 11.5 Å². The Labute approximate surface area is 141 Å². The van der Waals surface area contributed by atoms with Crippen molar-refractivity contribution in [1.82, 2.24) is 4.57 Å². The third-order valence-corrected chi connectivity index (χ3v) is 5.21. The summed E-state index contributed by atoms with van der Waals surface area (Å²) in [5.41, 5.74) is 3.28. The number of benzene rings is 1. The van der Waals surface area contributed by atoms with Gasteiger partial charge in [0.2, 0.25) is 0 Å². The highest BCUT2D eigenvalue weighted by Crippen LogP contribution is 2.41. The maximum atomic E-state index is 11.8. The first-order chi connectivity index (χ1) is 11.6. The Morgan fingerprint density at radius 2 is 2.04 bits per heavy atom. The van der Waals surface area contributed by atoms with Crippen LogP contribution in [0.2, 0.25) is 0 Å². The number of ether oxygens (including phenoxy) is 1. The minimum absolute atomic E-state index is 0.312. The summed E-state index contributed by atoms with van der Waals surface area (Å²) >= 11 is 0. The molecule has 3 rings (SSSR count). The predicted octanol–water partition coefficient (Wildman–Crippen LogP) is 3.04. The van der Waals surface area contributed by atoms with Crippen molar-refractivity contribution in [2.75, 3.05) is 13.7 Å². The smallest absolute Gasteiger partial charge is 0.337 e. The average Bonchev–Trinajstić information content (AvgIpc) is 2.93. The molecule has 1 heterocycles. The number of aromatic nitrogens is 1. The van der Waals surface area contributed by atoms with Crippen molar-refractivity contribution < 1.29 is 19.7 Å². The number of hydrogen-bond acceptors (Lipinski definition) is 4. The molecule has 1 aromatic heterocycles. The van der Waals surface area contributed by atoms with Crippen LogP contribution in [0.25, 0.3) is 10.9 Å². The summed E-state index contributed by atoms with van der Waals surface area (Å²) < 4.78 is 6.72. The largest absolute Gasteiger partial charge is 0.465 e. The molecule has 24 heavy (non-hydrogen) atoms. The second-order valence-corrected chi connectivity index (χ2v) is 6.61. The van der Waals surface area contributed by atoms with Gasteiger partial charge in [-0.3, -0.25) is 0 Å². The van der Waals surface area contributed by atoms with Crippen LogP contribution in [-0.2, 0) is 11.8 Å². The standard InChI is InChI=1S/C19H25NO4/c1-20-15-10-13(19(23)24-2)8-9-14(15)17(18(20)16(22)11-21)12-6-4-3-5-7-12/h8-10,12,16,21-22H,3-7,11H2,1-2H3. The molecule has 1 unspecified atom stereocenters. The number of rotatable bonds is 4. The van der Waals surface area contributed by atoms with Crippen molar-refractivity contribution in [1.29, 1.82) is 0 Å². The zero-order chi connectivity index (χ0) is 17.3. The van der Waals surface area contributed by atoms with Gasteiger partial charge in [0.15, 0.2) is 0 Å². The summed E-state index contributed by atoms with van der Waals surface area (Å²) in [7, 11) is 3.25. The molecule has 2 aromatic rings. The molecule has 1 aromatic carbocycles. The van der Waals surface area contributed by atoms with Crippen LogP contribution in [0.4, 0.5) is 0 Å². The van der Waals surface area contributed by atoms with E-state index in [1.165, 1.54) is 26.4 Å². The zero-order valence-electron chi connectivity index (χ0n) is 14.3. The first-order valence-electron chi connectivity index (χ1n) is 8.58. The molecule has 0 bridgehead atoms. The predicted molar refractivity (Wildman–Crippen MR) is 92.1 cm³/mol. The topological polar surface area (TPSA) is 71.7 Å². The number of esters is 1. The Morgan fingerprint density at radius 3 is 2.67 bits per heavy atom. The van der Waals surface area contributed by atoms with Crippen LogP contribution in [0, 0.1) is 0 Å². The summed E-state index contributed by atoms with van der Waals surface area (Å²) in [6.07, 6.45) is 4.92. The number of carbonyl (C=O) groups is 1. The Morgan fingerprint density at radius 1 is 1.33 bits per heavy atom. The number of nitrogens with zero attached hydrogens (tertiary/aromatic N) is 1. The van der Waals surface area contributed by atoms with Crippen molar-refractivity contribution in [3.8, 4) is 0 Å². The van der Waals surface area contributed by atoms with Crippen LogP contribution in [0.1, 0.15) is 65.7 Å². The lowest BCUT2D eigenvalue weighted by Gasteiger charge is -2.24. The summed E-state index contributed by atoms with van der Waals surface area (Å²) in [5, 5.41) is 20.9. The fraction of sp³-hybridized carbons (Fsp3) is 0.526. The van der Waals surface area contributed by atoms with Gasteiger partial charge in [-0.15, -0.1) is 0 Å². The van der Waals surface area contributed by atoms with Gasteiger partial charge < -0.3 is 19.5 Å². The molecule has 1 aliphatic rings. The van der Waals surface area contributed by atoms with Crippen molar-refractivity contribution in [2.24, 2.45) is 7.05 Å². The van der Waals surface area contributed by atoms with E-state index in [4.69, 9.17) is 4.74 Å². The number of aliphatic hydroxyl groups is 2. The summed E-state index contributed by atoms with van der Waals surface area (Å²) in [6, 6.07) is 5.52. The van der Waals surface area contributed by atoms with E-state index in [9.17, 15) is 15.0 Å². The SMILES string of the molecule is COC(=O)c1ccc2c(C3CCCCC3)c(C(O)CO)n(C)c2c1. The maximum absolute atomic E-state index is 11.8. The molecule has 1 aliphatic carbocycles. The molecule has 0 amide bonds.